The van der Waals surface area contributed by atoms with Crippen LogP contribution >= 0.6 is 0 Å². The summed E-state index contributed by atoms with van der Waals surface area (Å²) in [7, 11) is 3.81. The van der Waals surface area contributed by atoms with Gasteiger partial charge in [0.15, 0.2) is 0 Å². The Morgan fingerprint density at radius 2 is 1.94 bits per heavy atom. The Morgan fingerprint density at radius 1 is 1.31 bits per heavy atom. The molecule has 1 unspecified atom stereocenters. The molecule has 1 aromatic rings. The maximum absolute atomic E-state index is 5.61. The Bertz CT molecular complexity index is 297. The Kier molecular flexibility index (Phi) is 5.29. The molecule has 3 nitrogen and oxygen atoms in total. The highest BCUT2D eigenvalue weighted by atomic mass is 16.5. The highest BCUT2D eigenvalue weighted by Crippen LogP contribution is 2.12. The lowest BCUT2D eigenvalue weighted by Gasteiger charge is -2.20. The van der Waals surface area contributed by atoms with E-state index in [-0.39, 0.29) is 0 Å². The smallest absolute Gasteiger partial charge is 0.118 e. The Hall–Kier alpha value is -1.06. The van der Waals surface area contributed by atoms with Crippen LogP contribution in [0.4, 0.5) is 0 Å². The number of rotatable bonds is 6. The molecule has 1 atom stereocenters. The molecule has 2 N–H and O–H groups in total. The van der Waals surface area contributed by atoms with Crippen molar-refractivity contribution >= 4 is 0 Å². The minimum Gasteiger partial charge on any atom is -0.497 e. The molecule has 0 saturated heterocycles. The second kappa shape index (κ2) is 6.51. The van der Waals surface area contributed by atoms with Crippen molar-refractivity contribution in [3.8, 4) is 5.75 Å². The summed E-state index contributed by atoms with van der Waals surface area (Å²) < 4.78 is 5.13. The van der Waals surface area contributed by atoms with Gasteiger partial charge in [-0.3, -0.25) is 0 Å². The number of nitrogens with two attached hydrogens (primary N) is 1. The maximum Gasteiger partial charge on any atom is 0.118 e. The molecule has 0 radical (unpaired) electrons. The van der Waals surface area contributed by atoms with Gasteiger partial charge in [-0.15, -0.1) is 0 Å². The van der Waals surface area contributed by atoms with E-state index in [2.05, 4.69) is 31.0 Å². The van der Waals surface area contributed by atoms with Gasteiger partial charge in [0, 0.05) is 13.1 Å². The van der Waals surface area contributed by atoms with Crippen molar-refractivity contribution in [3.05, 3.63) is 29.8 Å². The van der Waals surface area contributed by atoms with Crippen LogP contribution in [0.3, 0.4) is 0 Å². The summed E-state index contributed by atoms with van der Waals surface area (Å²) in [4.78, 5) is 2.29. The minimum atomic E-state index is 0.545. The molecule has 0 bridgehead atoms. The predicted octanol–water partition coefficient (Wildman–Crippen LogP) is 1.72. The lowest BCUT2D eigenvalue weighted by atomic mass is 10.1. The summed E-state index contributed by atoms with van der Waals surface area (Å²) in [6, 6.07) is 8.19. The van der Waals surface area contributed by atoms with E-state index in [1.54, 1.807) is 7.11 Å². The first-order valence-electron chi connectivity index (χ1n) is 5.67. The van der Waals surface area contributed by atoms with Crippen LogP contribution < -0.4 is 10.5 Å². The molecule has 0 aliphatic rings. The van der Waals surface area contributed by atoms with E-state index in [0.717, 1.165) is 25.4 Å². The minimum absolute atomic E-state index is 0.545. The molecule has 0 saturated carbocycles. The van der Waals surface area contributed by atoms with Crippen molar-refractivity contribution in [2.24, 2.45) is 11.7 Å². The second-order valence-electron chi connectivity index (χ2n) is 4.39. The third-order valence-electron chi connectivity index (χ3n) is 2.64. The summed E-state index contributed by atoms with van der Waals surface area (Å²) in [5.74, 6) is 1.45. The van der Waals surface area contributed by atoms with Crippen LogP contribution in [0.1, 0.15) is 12.5 Å². The van der Waals surface area contributed by atoms with Gasteiger partial charge >= 0.3 is 0 Å². The number of hydrogen-bond donors (Lipinski definition) is 1. The van der Waals surface area contributed by atoms with Crippen molar-refractivity contribution < 1.29 is 4.74 Å². The van der Waals surface area contributed by atoms with Crippen LogP contribution in [-0.2, 0) is 6.54 Å². The first kappa shape index (κ1) is 13.0. The molecule has 0 aliphatic heterocycles. The van der Waals surface area contributed by atoms with E-state index in [0.29, 0.717) is 5.92 Å². The topological polar surface area (TPSA) is 38.5 Å². The van der Waals surface area contributed by atoms with E-state index >= 15 is 0 Å². The number of hydrogen-bond acceptors (Lipinski definition) is 3. The van der Waals surface area contributed by atoms with Gasteiger partial charge in [0.05, 0.1) is 7.11 Å². The molecule has 3 heteroatoms. The first-order valence-corrected chi connectivity index (χ1v) is 5.67. The molecule has 0 aromatic heterocycles. The van der Waals surface area contributed by atoms with Gasteiger partial charge in [-0.25, -0.2) is 0 Å². The fourth-order valence-electron chi connectivity index (χ4n) is 1.71. The summed E-state index contributed by atoms with van der Waals surface area (Å²) in [5.41, 5.74) is 6.91. The monoisotopic (exact) mass is 222 g/mol. The Balaban J connectivity index is 2.46. The number of methoxy groups -OCH3 is 1. The molecule has 1 aromatic carbocycles. The van der Waals surface area contributed by atoms with Gasteiger partial charge in [-0.05, 0) is 37.2 Å². The van der Waals surface area contributed by atoms with E-state index in [1.165, 1.54) is 5.56 Å². The maximum atomic E-state index is 5.61. The second-order valence-corrected chi connectivity index (χ2v) is 4.39. The lowest BCUT2D eigenvalue weighted by Crippen LogP contribution is -2.28. The zero-order valence-electron chi connectivity index (χ0n) is 10.4. The zero-order chi connectivity index (χ0) is 12.0. The molecule has 0 spiro atoms. The number of nitrogens with zero attached hydrogens (tertiary/aromatic N) is 1. The van der Waals surface area contributed by atoms with Crippen LogP contribution in [0, 0.1) is 5.92 Å². The zero-order valence-corrected chi connectivity index (χ0v) is 10.4. The lowest BCUT2D eigenvalue weighted by molar-refractivity contribution is 0.282. The average molecular weight is 222 g/mol. The molecular weight excluding hydrogens is 200 g/mol. The predicted molar refractivity (Wildman–Crippen MR) is 67.5 cm³/mol. The number of benzene rings is 1. The highest BCUT2D eigenvalue weighted by molar-refractivity contribution is 5.26. The van der Waals surface area contributed by atoms with Crippen molar-refractivity contribution in [1.82, 2.24) is 4.90 Å². The Labute approximate surface area is 98.2 Å². The summed E-state index contributed by atoms with van der Waals surface area (Å²) in [6.07, 6.45) is 0. The van der Waals surface area contributed by atoms with Crippen molar-refractivity contribution in [2.75, 3.05) is 27.2 Å². The fraction of sp³-hybridized carbons (Fsp3) is 0.538. The quantitative estimate of drug-likeness (QED) is 0.796. The van der Waals surface area contributed by atoms with Gasteiger partial charge in [-0.2, -0.15) is 0 Å². The molecular formula is C13H22N2O. The van der Waals surface area contributed by atoms with Crippen molar-refractivity contribution in [1.29, 1.82) is 0 Å². The Morgan fingerprint density at radius 3 is 2.44 bits per heavy atom. The van der Waals surface area contributed by atoms with E-state index in [9.17, 15) is 0 Å². The van der Waals surface area contributed by atoms with Crippen LogP contribution in [-0.4, -0.2) is 32.1 Å². The third-order valence-corrected chi connectivity index (χ3v) is 2.64. The summed E-state index contributed by atoms with van der Waals surface area (Å²) in [5, 5.41) is 0. The molecule has 16 heavy (non-hydrogen) atoms. The molecule has 1 rings (SSSR count). The van der Waals surface area contributed by atoms with E-state index < -0.39 is 0 Å². The third kappa shape index (κ3) is 4.21. The molecule has 90 valence electrons. The first-order chi connectivity index (χ1) is 7.65. The van der Waals surface area contributed by atoms with Crippen LogP contribution in [0.15, 0.2) is 24.3 Å². The summed E-state index contributed by atoms with van der Waals surface area (Å²) in [6.45, 7) is 4.90. The van der Waals surface area contributed by atoms with E-state index in [4.69, 9.17) is 10.5 Å². The largest absolute Gasteiger partial charge is 0.497 e. The molecule has 0 heterocycles. The highest BCUT2D eigenvalue weighted by Gasteiger charge is 2.05. The van der Waals surface area contributed by atoms with Gasteiger partial charge in [0.1, 0.15) is 5.75 Å². The molecule has 0 amide bonds. The van der Waals surface area contributed by atoms with E-state index in [1.807, 2.05) is 12.1 Å². The number of ether oxygens (including phenoxy) is 1. The molecule has 0 aliphatic carbocycles. The van der Waals surface area contributed by atoms with Crippen LogP contribution in [0.25, 0.3) is 0 Å². The normalized spacial score (nSPS) is 12.8. The molecule has 0 fully saturated rings. The average Bonchev–Trinajstić information content (AvgIpc) is 2.29. The van der Waals surface area contributed by atoms with Crippen LogP contribution in [0.5, 0.6) is 5.75 Å². The SMILES string of the molecule is COc1ccc(CN(C)CC(C)CN)cc1. The van der Waals surface area contributed by atoms with Gasteiger partial charge in [0.25, 0.3) is 0 Å². The van der Waals surface area contributed by atoms with Crippen molar-refractivity contribution in [3.63, 3.8) is 0 Å². The van der Waals surface area contributed by atoms with Gasteiger partial charge in [-0.1, -0.05) is 19.1 Å². The summed E-state index contributed by atoms with van der Waals surface area (Å²) >= 11 is 0. The van der Waals surface area contributed by atoms with Gasteiger partial charge < -0.3 is 15.4 Å². The van der Waals surface area contributed by atoms with Gasteiger partial charge in [0.2, 0.25) is 0 Å². The van der Waals surface area contributed by atoms with Crippen LogP contribution in [0.2, 0.25) is 0 Å². The standard InChI is InChI=1S/C13H22N2O/c1-11(8-14)9-15(2)10-12-4-6-13(16-3)7-5-12/h4-7,11H,8-10,14H2,1-3H3. The fourth-order valence-corrected chi connectivity index (χ4v) is 1.71. The van der Waals surface area contributed by atoms with Crippen molar-refractivity contribution in [2.45, 2.75) is 13.5 Å².